The maximum Gasteiger partial charge on any atom is 0.280 e. The molecule has 1 fully saturated rings. The van der Waals surface area contributed by atoms with Crippen LogP contribution in [0.25, 0.3) is 11.0 Å². The predicted octanol–water partition coefficient (Wildman–Crippen LogP) is 5.26. The molecule has 1 saturated heterocycles. The van der Waals surface area contributed by atoms with Crippen LogP contribution in [0.5, 0.6) is 5.75 Å². The van der Waals surface area contributed by atoms with Crippen LogP contribution in [0.15, 0.2) is 72.8 Å². The number of fused-ring (bicyclic) bond motifs is 1. The molecule has 2 heterocycles. The lowest BCUT2D eigenvalue weighted by atomic mass is 10.1. The summed E-state index contributed by atoms with van der Waals surface area (Å²) in [6.45, 7) is 9.00. The van der Waals surface area contributed by atoms with E-state index < -0.39 is 0 Å². The number of benzene rings is 3. The number of para-hydroxylation sites is 1. The van der Waals surface area contributed by atoms with Gasteiger partial charge < -0.3 is 14.5 Å². The zero-order valence-corrected chi connectivity index (χ0v) is 21.0. The van der Waals surface area contributed by atoms with E-state index in [0.29, 0.717) is 16.6 Å². The Morgan fingerprint density at radius 2 is 1.47 bits per heavy atom. The molecule has 7 nitrogen and oxygen atoms in total. The van der Waals surface area contributed by atoms with E-state index in [4.69, 9.17) is 4.74 Å². The standard InChI is InChI=1S/C29H33N5O2/c1-22(2)6-5-21-36-26-15-13-25(14-16-26)33-19-17-32(18-20-33)24-11-9-23(10-12-24)29(35)34-28-8-4-3-7-27(28)30-31-34/h3-4,7-16,22H,5-6,17-21H2,1-2H3. The Kier molecular flexibility index (Phi) is 7.16. The summed E-state index contributed by atoms with van der Waals surface area (Å²) >= 11 is 0. The van der Waals surface area contributed by atoms with Crippen LogP contribution in [0.4, 0.5) is 11.4 Å². The zero-order valence-electron chi connectivity index (χ0n) is 21.0. The molecule has 0 aliphatic carbocycles. The van der Waals surface area contributed by atoms with Gasteiger partial charge in [0.05, 0.1) is 12.1 Å². The van der Waals surface area contributed by atoms with Crippen molar-refractivity contribution in [3.63, 3.8) is 0 Å². The van der Waals surface area contributed by atoms with Gasteiger partial charge in [-0.25, -0.2) is 0 Å². The molecule has 0 bridgehead atoms. The van der Waals surface area contributed by atoms with Crippen molar-refractivity contribution in [2.45, 2.75) is 26.7 Å². The highest BCUT2D eigenvalue weighted by molar-refractivity contribution is 6.00. The van der Waals surface area contributed by atoms with Gasteiger partial charge in [0.25, 0.3) is 5.91 Å². The molecule has 3 aromatic carbocycles. The van der Waals surface area contributed by atoms with Crippen molar-refractivity contribution >= 4 is 28.3 Å². The predicted molar refractivity (Wildman–Crippen MR) is 144 cm³/mol. The average Bonchev–Trinajstić information content (AvgIpc) is 3.35. The number of nitrogens with zero attached hydrogens (tertiary/aromatic N) is 5. The van der Waals surface area contributed by atoms with Crippen LogP contribution in [0.1, 0.15) is 37.0 Å². The van der Waals surface area contributed by atoms with Crippen molar-refractivity contribution in [3.8, 4) is 5.75 Å². The van der Waals surface area contributed by atoms with Gasteiger partial charge in [0.15, 0.2) is 0 Å². The van der Waals surface area contributed by atoms with E-state index in [1.165, 1.54) is 16.8 Å². The number of ether oxygens (including phenoxy) is 1. The van der Waals surface area contributed by atoms with E-state index >= 15 is 0 Å². The third-order valence-electron chi connectivity index (χ3n) is 6.70. The van der Waals surface area contributed by atoms with E-state index in [0.717, 1.165) is 56.6 Å². The first-order valence-electron chi connectivity index (χ1n) is 12.8. The number of hydrogen-bond acceptors (Lipinski definition) is 6. The molecule has 1 aliphatic heterocycles. The fraction of sp³-hybridized carbons (Fsp3) is 0.345. The number of rotatable bonds is 8. The van der Waals surface area contributed by atoms with Crippen molar-refractivity contribution in [1.29, 1.82) is 0 Å². The summed E-state index contributed by atoms with van der Waals surface area (Å²) in [6, 6.07) is 23.7. The number of anilines is 2. The van der Waals surface area contributed by atoms with Crippen molar-refractivity contribution in [3.05, 3.63) is 78.4 Å². The molecule has 0 radical (unpaired) electrons. The molecule has 0 unspecified atom stereocenters. The maximum absolute atomic E-state index is 13.0. The minimum atomic E-state index is -0.174. The summed E-state index contributed by atoms with van der Waals surface area (Å²) in [6.07, 6.45) is 2.29. The lowest BCUT2D eigenvalue weighted by Crippen LogP contribution is -2.46. The average molecular weight is 484 g/mol. The summed E-state index contributed by atoms with van der Waals surface area (Å²) in [4.78, 5) is 17.7. The van der Waals surface area contributed by atoms with Crippen molar-refractivity contribution < 1.29 is 9.53 Å². The molecule has 0 amide bonds. The Labute approximate surface area is 212 Å². The normalized spacial score (nSPS) is 14.0. The quantitative estimate of drug-likeness (QED) is 0.319. The summed E-state index contributed by atoms with van der Waals surface area (Å²) in [5, 5.41) is 8.13. The zero-order chi connectivity index (χ0) is 24.9. The van der Waals surface area contributed by atoms with Crippen LogP contribution in [0.2, 0.25) is 0 Å². The van der Waals surface area contributed by atoms with Gasteiger partial charge in [0.2, 0.25) is 0 Å². The Balaban J connectivity index is 1.15. The summed E-state index contributed by atoms with van der Waals surface area (Å²) < 4.78 is 7.25. The van der Waals surface area contributed by atoms with Crippen LogP contribution < -0.4 is 14.5 Å². The molecule has 0 saturated carbocycles. The molecule has 186 valence electrons. The first-order valence-corrected chi connectivity index (χ1v) is 12.8. The molecule has 0 N–H and O–H groups in total. The van der Waals surface area contributed by atoms with Crippen molar-refractivity contribution in [2.75, 3.05) is 42.6 Å². The van der Waals surface area contributed by atoms with Gasteiger partial charge in [0, 0.05) is 43.1 Å². The van der Waals surface area contributed by atoms with E-state index in [2.05, 4.69) is 58.2 Å². The van der Waals surface area contributed by atoms with Crippen LogP contribution in [-0.2, 0) is 0 Å². The first kappa shape index (κ1) is 23.9. The second kappa shape index (κ2) is 10.8. The summed E-state index contributed by atoms with van der Waals surface area (Å²) in [5.41, 5.74) is 4.38. The lowest BCUT2D eigenvalue weighted by Gasteiger charge is -2.37. The largest absolute Gasteiger partial charge is 0.494 e. The number of carbonyl (C=O) groups is 1. The topological polar surface area (TPSA) is 63.5 Å². The van der Waals surface area contributed by atoms with Crippen molar-refractivity contribution in [2.24, 2.45) is 5.92 Å². The highest BCUT2D eigenvalue weighted by Crippen LogP contribution is 2.24. The van der Waals surface area contributed by atoms with Gasteiger partial charge in [-0.2, -0.15) is 4.68 Å². The maximum atomic E-state index is 13.0. The molecule has 5 rings (SSSR count). The molecule has 0 spiro atoms. The second-order valence-electron chi connectivity index (χ2n) is 9.69. The molecular weight excluding hydrogens is 450 g/mol. The van der Waals surface area contributed by atoms with Crippen LogP contribution in [0.3, 0.4) is 0 Å². The molecule has 7 heteroatoms. The minimum absolute atomic E-state index is 0.174. The Hall–Kier alpha value is -3.87. The van der Waals surface area contributed by atoms with Crippen LogP contribution in [-0.4, -0.2) is 53.7 Å². The van der Waals surface area contributed by atoms with E-state index in [9.17, 15) is 4.79 Å². The van der Waals surface area contributed by atoms with Crippen molar-refractivity contribution in [1.82, 2.24) is 15.0 Å². The van der Waals surface area contributed by atoms with Crippen LogP contribution >= 0.6 is 0 Å². The van der Waals surface area contributed by atoms with Gasteiger partial charge in [-0.1, -0.05) is 31.2 Å². The van der Waals surface area contributed by atoms with Gasteiger partial charge in [0.1, 0.15) is 11.3 Å². The smallest absolute Gasteiger partial charge is 0.280 e. The Morgan fingerprint density at radius 1 is 0.861 bits per heavy atom. The third kappa shape index (κ3) is 5.35. The fourth-order valence-electron chi connectivity index (χ4n) is 4.61. The molecular formula is C29H33N5O2. The van der Waals surface area contributed by atoms with E-state index in [1.807, 2.05) is 48.5 Å². The number of carbonyl (C=O) groups excluding carboxylic acids is 1. The van der Waals surface area contributed by atoms with Crippen LogP contribution in [0, 0.1) is 5.92 Å². The molecule has 36 heavy (non-hydrogen) atoms. The summed E-state index contributed by atoms with van der Waals surface area (Å²) in [5.74, 6) is 1.48. The highest BCUT2D eigenvalue weighted by Gasteiger charge is 2.19. The fourth-order valence-corrected chi connectivity index (χ4v) is 4.61. The number of piperazine rings is 1. The Morgan fingerprint density at radius 3 is 2.11 bits per heavy atom. The van der Waals surface area contributed by atoms with Gasteiger partial charge in [-0.05, 0) is 79.4 Å². The first-order chi connectivity index (χ1) is 17.6. The van der Waals surface area contributed by atoms with Gasteiger partial charge in [-0.15, -0.1) is 5.10 Å². The molecule has 0 atom stereocenters. The second-order valence-corrected chi connectivity index (χ2v) is 9.69. The minimum Gasteiger partial charge on any atom is -0.494 e. The summed E-state index contributed by atoms with van der Waals surface area (Å²) in [7, 11) is 0. The number of aromatic nitrogens is 3. The van der Waals surface area contributed by atoms with Gasteiger partial charge >= 0.3 is 0 Å². The molecule has 1 aromatic heterocycles. The van der Waals surface area contributed by atoms with Gasteiger partial charge in [-0.3, -0.25) is 4.79 Å². The molecule has 1 aliphatic rings. The molecule has 4 aromatic rings. The monoisotopic (exact) mass is 483 g/mol. The third-order valence-corrected chi connectivity index (χ3v) is 6.70. The Bertz CT molecular complexity index is 1290. The SMILES string of the molecule is CC(C)CCCOc1ccc(N2CCN(c3ccc(C(=O)n4nnc5ccccc54)cc3)CC2)cc1. The van der Waals surface area contributed by atoms with E-state index in [-0.39, 0.29) is 5.91 Å². The lowest BCUT2D eigenvalue weighted by molar-refractivity contribution is 0.0948. The van der Waals surface area contributed by atoms with E-state index in [1.54, 1.807) is 0 Å². The number of hydrogen-bond donors (Lipinski definition) is 0. The highest BCUT2D eigenvalue weighted by atomic mass is 16.5.